The summed E-state index contributed by atoms with van der Waals surface area (Å²) in [4.78, 5) is 2.39. The Morgan fingerprint density at radius 2 is 1.87 bits per heavy atom. The number of nitrogens with zero attached hydrogens (tertiary/aromatic N) is 1. The molecule has 1 heterocycles. The Kier molecular flexibility index (Phi) is 4.67. The van der Waals surface area contributed by atoms with Gasteiger partial charge in [0.25, 0.3) is 0 Å². The van der Waals surface area contributed by atoms with Gasteiger partial charge in [-0.1, -0.05) is 32.1 Å². The maximum Gasteiger partial charge on any atom is 0.0228 e. The minimum atomic E-state index is 1.18. The van der Waals surface area contributed by atoms with E-state index in [0.717, 1.165) is 0 Å². The van der Waals surface area contributed by atoms with E-state index in [1.807, 2.05) is 13.8 Å². The van der Waals surface area contributed by atoms with Crippen LogP contribution in [0.5, 0.6) is 0 Å². The van der Waals surface area contributed by atoms with Crippen LogP contribution in [0.4, 0.5) is 0 Å². The molecule has 1 saturated heterocycles. The Morgan fingerprint density at radius 3 is 2.33 bits per heavy atom. The van der Waals surface area contributed by atoms with Crippen LogP contribution in [0.1, 0.15) is 46.5 Å². The highest BCUT2D eigenvalue weighted by atomic mass is 15.2. The van der Waals surface area contributed by atoms with Gasteiger partial charge in [0.05, 0.1) is 0 Å². The largest absolute Gasteiger partial charge is 0.349 e. The van der Waals surface area contributed by atoms with Crippen LogP contribution in [0, 0.1) is 0 Å². The van der Waals surface area contributed by atoms with Crippen molar-refractivity contribution in [2.75, 3.05) is 6.54 Å². The average Bonchev–Trinajstić information content (AvgIpc) is 2.69. The standard InChI is InChI=1S/C12H17N.C2H6/c1-10-5-7-12(8-6-10)13-9-3-4-11(13)2;1-2/h5,7H,2-4,6,8-9H2,1H3;1-2H3. The zero-order chi connectivity index (χ0) is 11.3. The SMILES string of the molecule is C=C1CCCN1C1=CC=C(C)CC1.CC. The van der Waals surface area contributed by atoms with Crippen LogP contribution in [0.15, 0.2) is 35.7 Å². The molecule has 0 aromatic carbocycles. The van der Waals surface area contributed by atoms with Crippen molar-refractivity contribution in [1.29, 1.82) is 0 Å². The lowest BCUT2D eigenvalue weighted by Gasteiger charge is -2.24. The van der Waals surface area contributed by atoms with Gasteiger partial charge in [-0.05, 0) is 38.7 Å². The summed E-state index contributed by atoms with van der Waals surface area (Å²) < 4.78 is 0. The van der Waals surface area contributed by atoms with Crippen molar-refractivity contribution in [3.8, 4) is 0 Å². The summed E-state index contributed by atoms with van der Waals surface area (Å²) in [6.07, 6.45) is 9.37. The second-order valence-electron chi connectivity index (χ2n) is 3.99. The molecule has 0 saturated carbocycles. The first-order chi connectivity index (χ1) is 7.27. The summed E-state index contributed by atoms with van der Waals surface area (Å²) in [5.41, 5.74) is 4.26. The molecule has 0 radical (unpaired) electrons. The quantitative estimate of drug-likeness (QED) is 0.618. The Balaban J connectivity index is 0.000000531. The molecule has 2 rings (SSSR count). The van der Waals surface area contributed by atoms with Crippen molar-refractivity contribution in [2.24, 2.45) is 0 Å². The van der Waals surface area contributed by atoms with Gasteiger partial charge in [-0.15, -0.1) is 0 Å². The molecule has 0 aromatic rings. The van der Waals surface area contributed by atoms with Crippen molar-refractivity contribution in [3.63, 3.8) is 0 Å². The van der Waals surface area contributed by atoms with Crippen molar-refractivity contribution >= 4 is 0 Å². The minimum absolute atomic E-state index is 1.18. The predicted molar refractivity (Wildman–Crippen MR) is 67.5 cm³/mol. The molecule has 0 unspecified atom stereocenters. The van der Waals surface area contributed by atoms with Gasteiger partial charge < -0.3 is 4.90 Å². The third-order valence-electron chi connectivity index (χ3n) is 2.91. The molecule has 0 amide bonds. The first-order valence-corrected chi connectivity index (χ1v) is 6.09. The van der Waals surface area contributed by atoms with Crippen LogP contribution in [0.2, 0.25) is 0 Å². The molecule has 2 aliphatic rings. The third-order valence-corrected chi connectivity index (χ3v) is 2.91. The van der Waals surface area contributed by atoms with Crippen molar-refractivity contribution < 1.29 is 0 Å². The van der Waals surface area contributed by atoms with Gasteiger partial charge >= 0.3 is 0 Å². The smallest absolute Gasteiger partial charge is 0.0228 e. The second kappa shape index (κ2) is 5.79. The van der Waals surface area contributed by atoms with E-state index in [-0.39, 0.29) is 0 Å². The monoisotopic (exact) mass is 205 g/mol. The maximum atomic E-state index is 4.09. The number of hydrogen-bond donors (Lipinski definition) is 0. The van der Waals surface area contributed by atoms with Crippen LogP contribution < -0.4 is 0 Å². The molecule has 1 fully saturated rings. The summed E-state index contributed by atoms with van der Waals surface area (Å²) in [5.74, 6) is 0. The van der Waals surface area contributed by atoms with Crippen molar-refractivity contribution in [1.82, 2.24) is 4.90 Å². The van der Waals surface area contributed by atoms with Gasteiger partial charge in [0.15, 0.2) is 0 Å². The van der Waals surface area contributed by atoms with Gasteiger partial charge in [-0.3, -0.25) is 0 Å². The van der Waals surface area contributed by atoms with Crippen molar-refractivity contribution in [2.45, 2.75) is 46.5 Å². The van der Waals surface area contributed by atoms with E-state index in [0.29, 0.717) is 0 Å². The first kappa shape index (κ1) is 12.1. The van der Waals surface area contributed by atoms with Crippen LogP contribution in [0.25, 0.3) is 0 Å². The molecule has 1 aliphatic carbocycles. The molecule has 15 heavy (non-hydrogen) atoms. The molecule has 1 nitrogen and oxygen atoms in total. The van der Waals surface area contributed by atoms with Crippen LogP contribution in [-0.2, 0) is 0 Å². The van der Waals surface area contributed by atoms with E-state index in [2.05, 4.69) is 30.6 Å². The lowest BCUT2D eigenvalue weighted by molar-refractivity contribution is 0.465. The summed E-state index contributed by atoms with van der Waals surface area (Å²) in [6.45, 7) is 11.5. The average molecular weight is 205 g/mol. The minimum Gasteiger partial charge on any atom is -0.349 e. The summed E-state index contributed by atoms with van der Waals surface area (Å²) >= 11 is 0. The van der Waals surface area contributed by atoms with Gasteiger partial charge in [-0.25, -0.2) is 0 Å². The third kappa shape index (κ3) is 2.98. The van der Waals surface area contributed by atoms with Crippen molar-refractivity contribution in [3.05, 3.63) is 35.7 Å². The van der Waals surface area contributed by atoms with Gasteiger partial charge in [0.1, 0.15) is 0 Å². The second-order valence-corrected chi connectivity index (χ2v) is 3.99. The highest BCUT2D eigenvalue weighted by Crippen LogP contribution is 2.29. The zero-order valence-corrected chi connectivity index (χ0v) is 10.3. The molecule has 0 N–H and O–H groups in total. The maximum absolute atomic E-state index is 4.09. The fourth-order valence-electron chi connectivity index (χ4n) is 2.04. The number of allylic oxidation sites excluding steroid dienone is 5. The predicted octanol–water partition coefficient (Wildman–Crippen LogP) is 4.25. The van der Waals surface area contributed by atoms with E-state index in [1.165, 1.54) is 49.2 Å². The fourth-order valence-corrected chi connectivity index (χ4v) is 2.04. The fraction of sp³-hybridized carbons (Fsp3) is 0.571. The Hall–Kier alpha value is -0.980. The van der Waals surface area contributed by atoms with E-state index in [4.69, 9.17) is 0 Å². The summed E-state index contributed by atoms with van der Waals surface area (Å²) in [7, 11) is 0. The Morgan fingerprint density at radius 1 is 1.13 bits per heavy atom. The van der Waals surface area contributed by atoms with Crippen LogP contribution >= 0.6 is 0 Å². The van der Waals surface area contributed by atoms with Gasteiger partial charge in [-0.2, -0.15) is 0 Å². The number of rotatable bonds is 1. The summed E-state index contributed by atoms with van der Waals surface area (Å²) in [6, 6.07) is 0. The Bertz CT molecular complexity index is 284. The Labute approximate surface area is 94.2 Å². The molecule has 0 aromatic heterocycles. The molecular formula is C14H23N. The molecule has 1 heteroatoms. The molecule has 0 spiro atoms. The van der Waals surface area contributed by atoms with Crippen LogP contribution in [-0.4, -0.2) is 11.4 Å². The van der Waals surface area contributed by atoms with E-state index in [9.17, 15) is 0 Å². The molecule has 84 valence electrons. The summed E-state index contributed by atoms with van der Waals surface area (Å²) in [5, 5.41) is 0. The van der Waals surface area contributed by atoms with E-state index in [1.54, 1.807) is 0 Å². The lowest BCUT2D eigenvalue weighted by Crippen LogP contribution is -2.17. The first-order valence-electron chi connectivity index (χ1n) is 6.09. The zero-order valence-electron chi connectivity index (χ0n) is 10.3. The molecule has 1 aliphatic heterocycles. The molecule has 0 atom stereocenters. The topological polar surface area (TPSA) is 3.24 Å². The highest BCUT2D eigenvalue weighted by Gasteiger charge is 2.19. The number of likely N-dealkylation sites (tertiary alicyclic amines) is 1. The van der Waals surface area contributed by atoms with Crippen LogP contribution in [0.3, 0.4) is 0 Å². The number of hydrogen-bond acceptors (Lipinski definition) is 1. The van der Waals surface area contributed by atoms with E-state index < -0.39 is 0 Å². The highest BCUT2D eigenvalue weighted by molar-refractivity contribution is 5.25. The van der Waals surface area contributed by atoms with Gasteiger partial charge in [0.2, 0.25) is 0 Å². The van der Waals surface area contributed by atoms with Gasteiger partial charge in [0, 0.05) is 17.9 Å². The van der Waals surface area contributed by atoms with E-state index >= 15 is 0 Å². The molecule has 0 bridgehead atoms. The lowest BCUT2D eigenvalue weighted by atomic mass is 10.0. The normalized spacial score (nSPS) is 20.5. The molecular weight excluding hydrogens is 182 g/mol.